The highest BCUT2D eigenvalue weighted by Gasteiger charge is 2.13. The lowest BCUT2D eigenvalue weighted by atomic mass is 10.1. The summed E-state index contributed by atoms with van der Waals surface area (Å²) in [6, 6.07) is 21.2. The number of para-hydroxylation sites is 1. The molecule has 6 heteroatoms. The molecule has 2 aromatic heterocycles. The lowest BCUT2D eigenvalue weighted by molar-refractivity contribution is 0.102. The summed E-state index contributed by atoms with van der Waals surface area (Å²) in [5.41, 5.74) is 2.65. The van der Waals surface area contributed by atoms with Crippen molar-refractivity contribution in [1.29, 1.82) is 0 Å². The first-order valence-electron chi connectivity index (χ1n) is 8.08. The fourth-order valence-corrected chi connectivity index (χ4v) is 4.61. The standard InChI is InChI=1S/C20H15N3OS2/c24-19(23-18-11-5-6-12-21-18)15-8-2-1-7-14(15)13-25-20-22-16-9-3-4-10-17(16)26-20/h1-12H,13H2,(H,21,23,24). The van der Waals surface area contributed by atoms with Crippen molar-refractivity contribution in [2.75, 3.05) is 5.32 Å². The van der Waals surface area contributed by atoms with Crippen LogP contribution in [0.4, 0.5) is 5.82 Å². The fraction of sp³-hybridized carbons (Fsp3) is 0.0500. The van der Waals surface area contributed by atoms with Crippen LogP contribution in [0.5, 0.6) is 0 Å². The van der Waals surface area contributed by atoms with Gasteiger partial charge in [-0.25, -0.2) is 9.97 Å². The Balaban J connectivity index is 1.51. The van der Waals surface area contributed by atoms with Gasteiger partial charge in [-0.2, -0.15) is 0 Å². The van der Waals surface area contributed by atoms with Gasteiger partial charge in [-0.3, -0.25) is 4.79 Å². The number of rotatable bonds is 5. The molecule has 0 aliphatic carbocycles. The van der Waals surface area contributed by atoms with Crippen LogP contribution in [0, 0.1) is 0 Å². The zero-order chi connectivity index (χ0) is 17.8. The smallest absolute Gasteiger partial charge is 0.257 e. The highest BCUT2D eigenvalue weighted by atomic mass is 32.2. The average molecular weight is 377 g/mol. The van der Waals surface area contributed by atoms with Crippen LogP contribution in [0.3, 0.4) is 0 Å². The third-order valence-electron chi connectivity index (χ3n) is 3.79. The minimum Gasteiger partial charge on any atom is -0.307 e. The summed E-state index contributed by atoms with van der Waals surface area (Å²) < 4.78 is 2.18. The van der Waals surface area contributed by atoms with Crippen LogP contribution in [-0.4, -0.2) is 15.9 Å². The number of carbonyl (C=O) groups is 1. The van der Waals surface area contributed by atoms with E-state index in [4.69, 9.17) is 0 Å². The maximum Gasteiger partial charge on any atom is 0.257 e. The van der Waals surface area contributed by atoms with E-state index in [-0.39, 0.29) is 5.91 Å². The number of aromatic nitrogens is 2. The third-order valence-corrected chi connectivity index (χ3v) is 6.02. The first-order chi connectivity index (χ1) is 12.8. The highest BCUT2D eigenvalue weighted by molar-refractivity contribution is 8.00. The van der Waals surface area contributed by atoms with Crippen molar-refractivity contribution in [3.05, 3.63) is 84.1 Å². The van der Waals surface area contributed by atoms with E-state index >= 15 is 0 Å². The number of hydrogen-bond donors (Lipinski definition) is 1. The first kappa shape index (κ1) is 16.8. The van der Waals surface area contributed by atoms with Gasteiger partial charge in [0.1, 0.15) is 5.82 Å². The van der Waals surface area contributed by atoms with Crippen molar-refractivity contribution < 1.29 is 4.79 Å². The van der Waals surface area contributed by atoms with E-state index in [1.807, 2.05) is 54.6 Å². The fourth-order valence-electron chi connectivity index (χ4n) is 2.54. The SMILES string of the molecule is O=C(Nc1ccccn1)c1ccccc1CSc1nc2ccccc2s1. The van der Waals surface area contributed by atoms with Crippen LogP contribution in [-0.2, 0) is 5.75 Å². The number of anilines is 1. The highest BCUT2D eigenvalue weighted by Crippen LogP contribution is 2.32. The second-order valence-electron chi connectivity index (χ2n) is 5.56. The number of fused-ring (bicyclic) bond motifs is 1. The minimum absolute atomic E-state index is 0.149. The van der Waals surface area contributed by atoms with Crippen LogP contribution in [0.15, 0.2) is 77.3 Å². The quantitative estimate of drug-likeness (QED) is 0.484. The number of benzene rings is 2. The van der Waals surface area contributed by atoms with E-state index < -0.39 is 0 Å². The molecular formula is C20H15N3OS2. The molecule has 128 valence electrons. The van der Waals surface area contributed by atoms with Gasteiger partial charge in [0.15, 0.2) is 4.34 Å². The van der Waals surface area contributed by atoms with Gasteiger partial charge in [-0.1, -0.05) is 48.2 Å². The summed E-state index contributed by atoms with van der Waals surface area (Å²) in [6.45, 7) is 0. The molecule has 1 amide bonds. The summed E-state index contributed by atoms with van der Waals surface area (Å²) in [7, 11) is 0. The van der Waals surface area contributed by atoms with Crippen molar-refractivity contribution in [2.24, 2.45) is 0 Å². The van der Waals surface area contributed by atoms with E-state index in [2.05, 4.69) is 21.4 Å². The molecule has 0 saturated heterocycles. The minimum atomic E-state index is -0.149. The van der Waals surface area contributed by atoms with Gasteiger partial charge >= 0.3 is 0 Å². The normalized spacial score (nSPS) is 10.8. The molecule has 0 atom stereocenters. The Morgan fingerprint density at radius 2 is 1.81 bits per heavy atom. The van der Waals surface area contributed by atoms with Crippen molar-refractivity contribution in [3.8, 4) is 0 Å². The van der Waals surface area contributed by atoms with Crippen LogP contribution in [0.25, 0.3) is 10.2 Å². The number of hydrogen-bond acceptors (Lipinski definition) is 5. The molecule has 1 N–H and O–H groups in total. The molecular weight excluding hydrogens is 362 g/mol. The number of nitrogens with zero attached hydrogens (tertiary/aromatic N) is 2. The predicted molar refractivity (Wildman–Crippen MR) is 108 cm³/mol. The molecule has 4 rings (SSSR count). The summed E-state index contributed by atoms with van der Waals surface area (Å²) in [4.78, 5) is 21.4. The predicted octanol–water partition coefficient (Wildman–Crippen LogP) is 5.24. The molecule has 4 aromatic rings. The van der Waals surface area contributed by atoms with E-state index in [1.54, 1.807) is 35.4 Å². The third kappa shape index (κ3) is 3.76. The largest absolute Gasteiger partial charge is 0.307 e. The van der Waals surface area contributed by atoms with Gasteiger partial charge in [-0.15, -0.1) is 11.3 Å². The second kappa shape index (κ2) is 7.68. The number of nitrogens with one attached hydrogen (secondary N) is 1. The molecule has 0 fully saturated rings. The molecule has 4 nitrogen and oxygen atoms in total. The van der Waals surface area contributed by atoms with E-state index in [1.165, 1.54) is 4.70 Å². The Morgan fingerprint density at radius 3 is 2.65 bits per heavy atom. The Hall–Kier alpha value is -2.70. The molecule has 2 heterocycles. The lowest BCUT2D eigenvalue weighted by Crippen LogP contribution is -2.14. The van der Waals surface area contributed by atoms with Gasteiger partial charge < -0.3 is 5.32 Å². The zero-order valence-corrected chi connectivity index (χ0v) is 15.4. The molecule has 0 spiro atoms. The van der Waals surface area contributed by atoms with Gasteiger partial charge in [0.05, 0.1) is 10.2 Å². The van der Waals surface area contributed by atoms with Gasteiger partial charge in [0.25, 0.3) is 5.91 Å². The summed E-state index contributed by atoms with van der Waals surface area (Å²) in [5, 5.41) is 2.85. The lowest BCUT2D eigenvalue weighted by Gasteiger charge is -2.09. The van der Waals surface area contributed by atoms with E-state index in [9.17, 15) is 4.79 Å². The molecule has 0 aliphatic heterocycles. The molecule has 0 radical (unpaired) electrons. The Morgan fingerprint density at radius 1 is 1.00 bits per heavy atom. The van der Waals surface area contributed by atoms with Crippen molar-refractivity contribution >= 4 is 45.0 Å². The van der Waals surface area contributed by atoms with Crippen molar-refractivity contribution in [1.82, 2.24) is 9.97 Å². The monoisotopic (exact) mass is 377 g/mol. The maximum atomic E-state index is 12.6. The zero-order valence-electron chi connectivity index (χ0n) is 13.8. The van der Waals surface area contributed by atoms with E-state index in [0.717, 1.165) is 15.4 Å². The molecule has 0 aliphatic rings. The Kier molecular flexibility index (Phi) is 4.95. The average Bonchev–Trinajstić information content (AvgIpc) is 3.10. The van der Waals surface area contributed by atoms with Crippen molar-refractivity contribution in [2.45, 2.75) is 10.1 Å². The van der Waals surface area contributed by atoms with Gasteiger partial charge in [0, 0.05) is 17.5 Å². The maximum absolute atomic E-state index is 12.6. The Bertz CT molecular complexity index is 1010. The molecule has 2 aromatic carbocycles. The Labute approximate surface area is 159 Å². The molecule has 0 unspecified atom stereocenters. The number of pyridine rings is 1. The van der Waals surface area contributed by atoms with E-state index in [0.29, 0.717) is 17.1 Å². The molecule has 0 bridgehead atoms. The number of thioether (sulfide) groups is 1. The summed E-state index contributed by atoms with van der Waals surface area (Å²) in [6.07, 6.45) is 1.66. The number of carbonyl (C=O) groups excluding carboxylic acids is 1. The van der Waals surface area contributed by atoms with Crippen LogP contribution >= 0.6 is 23.1 Å². The first-order valence-corrected chi connectivity index (χ1v) is 9.88. The van der Waals surface area contributed by atoms with Crippen molar-refractivity contribution in [3.63, 3.8) is 0 Å². The van der Waals surface area contributed by atoms with Crippen LogP contribution in [0.2, 0.25) is 0 Å². The van der Waals surface area contributed by atoms with Gasteiger partial charge in [-0.05, 0) is 35.9 Å². The second-order valence-corrected chi connectivity index (χ2v) is 7.82. The molecule has 0 saturated carbocycles. The number of thiazole rings is 1. The number of amides is 1. The van der Waals surface area contributed by atoms with Crippen LogP contribution in [0.1, 0.15) is 15.9 Å². The summed E-state index contributed by atoms with van der Waals surface area (Å²) >= 11 is 3.32. The molecule has 26 heavy (non-hydrogen) atoms. The van der Waals surface area contributed by atoms with Gasteiger partial charge in [0.2, 0.25) is 0 Å². The van der Waals surface area contributed by atoms with Crippen LogP contribution < -0.4 is 5.32 Å². The topological polar surface area (TPSA) is 54.9 Å². The summed E-state index contributed by atoms with van der Waals surface area (Å²) in [5.74, 6) is 1.08.